The number of aliphatic carboxylic acids is 1. The van der Waals surface area contributed by atoms with E-state index < -0.39 is 17.9 Å². The first-order valence-electron chi connectivity index (χ1n) is 15.7. The fraction of sp³-hybridized carbons (Fsp3) is 0.559. The van der Waals surface area contributed by atoms with E-state index in [1.807, 2.05) is 34.1 Å². The molecule has 43 heavy (non-hydrogen) atoms. The van der Waals surface area contributed by atoms with E-state index in [0.717, 1.165) is 64.8 Å². The molecule has 0 bridgehead atoms. The smallest absolute Gasteiger partial charge is 0.308 e. The number of ether oxygens (including phenoxy) is 1. The molecule has 0 radical (unpaired) electrons. The number of benzene rings is 2. The number of carboxylic acid groups (broad SMARTS) is 1. The van der Waals surface area contributed by atoms with E-state index in [1.165, 1.54) is 0 Å². The van der Waals surface area contributed by atoms with Crippen LogP contribution in [0.1, 0.15) is 55.2 Å². The van der Waals surface area contributed by atoms with Crippen LogP contribution >= 0.6 is 0 Å². The molecule has 2 aromatic rings. The average Bonchev–Trinajstić information content (AvgIpc) is 3.67. The summed E-state index contributed by atoms with van der Waals surface area (Å²) in [7, 11) is 6.44. The summed E-state index contributed by atoms with van der Waals surface area (Å²) < 4.78 is 6.48. The first-order valence-corrected chi connectivity index (χ1v) is 15.7. The van der Waals surface area contributed by atoms with E-state index in [1.54, 1.807) is 4.90 Å². The monoisotopic (exact) mass is 591 g/mol. The lowest BCUT2D eigenvalue weighted by molar-refractivity contribution is -0.884. The van der Waals surface area contributed by atoms with E-state index in [4.69, 9.17) is 4.74 Å². The van der Waals surface area contributed by atoms with Crippen LogP contribution in [-0.2, 0) is 27.3 Å². The largest absolute Gasteiger partial charge is 0.493 e. The van der Waals surface area contributed by atoms with Gasteiger partial charge in [-0.2, -0.15) is 0 Å². The van der Waals surface area contributed by atoms with Gasteiger partial charge in [0.15, 0.2) is 0 Å². The van der Waals surface area contributed by atoms with Gasteiger partial charge in [0, 0.05) is 62.2 Å². The number of fused-ring (bicyclic) bond motifs is 1. The summed E-state index contributed by atoms with van der Waals surface area (Å²) in [5.41, 5.74) is 4.10. The number of unbranched alkanes of at least 4 members (excludes halogenated alkanes) is 1. The molecular formula is C34H47N4O5+. The number of anilines is 1. The van der Waals surface area contributed by atoms with Crippen molar-refractivity contribution in [3.63, 3.8) is 0 Å². The number of likely N-dealkylation sites (tertiary alicyclic amines) is 2. The quantitative estimate of drug-likeness (QED) is 0.378. The van der Waals surface area contributed by atoms with Crippen molar-refractivity contribution < 1.29 is 28.7 Å². The molecule has 3 heterocycles. The summed E-state index contributed by atoms with van der Waals surface area (Å²) >= 11 is 0. The van der Waals surface area contributed by atoms with Crippen LogP contribution in [0.3, 0.4) is 0 Å². The molecule has 232 valence electrons. The number of quaternary nitrogens is 1. The number of carbonyl (C=O) groups excluding carboxylic acids is 2. The van der Waals surface area contributed by atoms with Gasteiger partial charge in [0.25, 0.3) is 0 Å². The zero-order chi connectivity index (χ0) is 30.7. The van der Waals surface area contributed by atoms with Crippen molar-refractivity contribution in [2.75, 3.05) is 65.4 Å². The second-order valence-corrected chi connectivity index (χ2v) is 13.4. The van der Waals surface area contributed by atoms with Gasteiger partial charge >= 0.3 is 5.97 Å². The van der Waals surface area contributed by atoms with E-state index in [2.05, 4.69) is 46.3 Å². The van der Waals surface area contributed by atoms with Gasteiger partial charge in [-0.05, 0) is 42.2 Å². The van der Waals surface area contributed by atoms with Crippen molar-refractivity contribution in [1.29, 1.82) is 0 Å². The average molecular weight is 592 g/mol. The summed E-state index contributed by atoms with van der Waals surface area (Å²) in [4.78, 5) is 45.4. The Balaban J connectivity index is 1.44. The third-order valence-electron chi connectivity index (χ3n) is 9.01. The molecule has 3 atom stereocenters. The van der Waals surface area contributed by atoms with Crippen LogP contribution < -0.4 is 9.64 Å². The maximum absolute atomic E-state index is 14.2. The Bertz CT molecular complexity index is 1340. The third kappa shape index (κ3) is 7.21. The Morgan fingerprint density at radius 1 is 1.12 bits per heavy atom. The van der Waals surface area contributed by atoms with Crippen molar-refractivity contribution in [3.8, 4) is 5.75 Å². The molecule has 0 unspecified atom stereocenters. The van der Waals surface area contributed by atoms with Crippen molar-refractivity contribution in [2.24, 2.45) is 5.92 Å². The number of carbonyl (C=O) groups is 3. The van der Waals surface area contributed by atoms with Crippen molar-refractivity contribution >= 4 is 23.5 Å². The molecular weight excluding hydrogens is 544 g/mol. The van der Waals surface area contributed by atoms with Crippen molar-refractivity contribution in [2.45, 2.75) is 57.5 Å². The van der Waals surface area contributed by atoms with Gasteiger partial charge in [0.1, 0.15) is 12.3 Å². The summed E-state index contributed by atoms with van der Waals surface area (Å²) in [5.74, 6) is -1.04. The maximum Gasteiger partial charge on any atom is 0.308 e. The molecule has 0 aliphatic carbocycles. The number of carboxylic acids is 1. The summed E-state index contributed by atoms with van der Waals surface area (Å²) in [6.45, 7) is 5.69. The third-order valence-corrected chi connectivity index (χ3v) is 9.01. The first kappa shape index (κ1) is 31.0. The van der Waals surface area contributed by atoms with E-state index >= 15 is 0 Å². The van der Waals surface area contributed by atoms with Crippen LogP contribution in [0.5, 0.6) is 5.75 Å². The zero-order valence-electron chi connectivity index (χ0n) is 26.1. The number of rotatable bonds is 12. The van der Waals surface area contributed by atoms with Gasteiger partial charge in [-0.1, -0.05) is 37.6 Å². The topological polar surface area (TPSA) is 90.4 Å². The Kier molecular flexibility index (Phi) is 9.42. The van der Waals surface area contributed by atoms with Gasteiger partial charge in [0.05, 0.1) is 40.2 Å². The predicted molar refractivity (Wildman–Crippen MR) is 166 cm³/mol. The van der Waals surface area contributed by atoms with E-state index in [9.17, 15) is 19.5 Å². The van der Waals surface area contributed by atoms with Crippen LogP contribution in [0.15, 0.2) is 42.5 Å². The van der Waals surface area contributed by atoms with Gasteiger partial charge < -0.3 is 24.1 Å². The first-order chi connectivity index (χ1) is 20.5. The van der Waals surface area contributed by atoms with Crippen molar-refractivity contribution in [3.05, 3.63) is 59.2 Å². The lowest BCUT2D eigenvalue weighted by atomic mass is 9.84. The maximum atomic E-state index is 14.2. The molecule has 0 aromatic heterocycles. The minimum Gasteiger partial charge on any atom is -0.493 e. The Hall–Kier alpha value is -3.43. The molecule has 3 aliphatic rings. The lowest BCUT2D eigenvalue weighted by Gasteiger charge is -2.32. The van der Waals surface area contributed by atoms with E-state index in [-0.39, 0.29) is 24.3 Å². The van der Waals surface area contributed by atoms with Crippen LogP contribution in [0.25, 0.3) is 0 Å². The molecule has 1 N–H and O–H groups in total. The highest BCUT2D eigenvalue weighted by Crippen LogP contribution is 2.40. The molecule has 2 fully saturated rings. The van der Waals surface area contributed by atoms with Crippen LogP contribution in [-0.4, -0.2) is 104 Å². The van der Waals surface area contributed by atoms with Crippen LogP contribution in [0.2, 0.25) is 0 Å². The van der Waals surface area contributed by atoms with Gasteiger partial charge in [-0.15, -0.1) is 0 Å². The summed E-state index contributed by atoms with van der Waals surface area (Å²) in [5, 5.41) is 10.6. The van der Waals surface area contributed by atoms with Crippen LogP contribution in [0.4, 0.5) is 5.69 Å². The number of hydrogen-bond donors (Lipinski definition) is 1. The molecule has 3 aliphatic heterocycles. The van der Waals surface area contributed by atoms with Crippen molar-refractivity contribution in [1.82, 2.24) is 9.80 Å². The second kappa shape index (κ2) is 13.1. The zero-order valence-corrected chi connectivity index (χ0v) is 26.1. The molecule has 0 spiro atoms. The summed E-state index contributed by atoms with van der Waals surface area (Å²) in [6, 6.07) is 13.7. The Morgan fingerprint density at radius 3 is 2.63 bits per heavy atom. The highest BCUT2D eigenvalue weighted by Gasteiger charge is 2.48. The molecule has 9 heteroatoms. The Labute approximate surface area is 255 Å². The molecule has 5 rings (SSSR count). The van der Waals surface area contributed by atoms with Gasteiger partial charge in [-0.25, -0.2) is 0 Å². The predicted octanol–water partition coefficient (Wildman–Crippen LogP) is 3.75. The van der Waals surface area contributed by atoms with Gasteiger partial charge in [-0.3, -0.25) is 19.3 Å². The fourth-order valence-corrected chi connectivity index (χ4v) is 6.96. The summed E-state index contributed by atoms with van der Waals surface area (Å²) in [6.07, 6.45) is 3.91. The molecule has 0 saturated carbocycles. The van der Waals surface area contributed by atoms with E-state index in [0.29, 0.717) is 39.2 Å². The lowest BCUT2D eigenvalue weighted by Crippen LogP contribution is -2.49. The van der Waals surface area contributed by atoms with Gasteiger partial charge in [0.2, 0.25) is 11.8 Å². The number of nitrogens with zero attached hydrogens (tertiary/aromatic N) is 4. The number of hydrogen-bond acceptors (Lipinski definition) is 5. The fourth-order valence-electron chi connectivity index (χ4n) is 6.96. The SMILES string of the molecule is CCCCN(C(=O)CN1C[C@H](c2ccc3c(c2)CCO3)[C@@H](C(=O)O)[C@@H]1CN1CCCC1=O)c1cccc(C[N+](C)(C)C)c1. The molecule has 2 saturated heterocycles. The highest BCUT2D eigenvalue weighted by molar-refractivity contribution is 5.95. The second-order valence-electron chi connectivity index (χ2n) is 13.4. The minimum absolute atomic E-state index is 0.0410. The molecule has 2 aromatic carbocycles. The normalized spacial score (nSPS) is 22.1. The standard InChI is InChI=1S/C34H46N4O5/c1-5-6-16-37(27-10-7-9-24(18-27)23-38(2,3)4)32(40)22-36-20-28(25-12-13-30-26(19-25)14-17-43-30)33(34(41)42)29(36)21-35-15-8-11-31(35)39/h7,9-10,12-13,18-19,28-29,33H,5-6,8,11,14-17,20-23H2,1-4H3/p+1/t28-,29+,33-/m1/s1. The Morgan fingerprint density at radius 2 is 1.93 bits per heavy atom. The number of amides is 2. The molecule has 2 amide bonds. The molecule has 9 nitrogen and oxygen atoms in total. The minimum atomic E-state index is -0.885. The van der Waals surface area contributed by atoms with Crippen LogP contribution in [0, 0.1) is 5.92 Å². The highest BCUT2D eigenvalue weighted by atomic mass is 16.5.